The molecule has 272 valence electrons. The van der Waals surface area contributed by atoms with Gasteiger partial charge in [-0.05, 0) is 145 Å². The van der Waals surface area contributed by atoms with Crippen molar-refractivity contribution >= 4 is 57.2 Å². The molecule has 0 fully saturated rings. The van der Waals surface area contributed by atoms with Gasteiger partial charge in [0.1, 0.15) is 0 Å². The minimum absolute atomic E-state index is 0.0380. The average molecular weight is 707 g/mol. The van der Waals surface area contributed by atoms with E-state index in [1.807, 2.05) is 0 Å². The average Bonchev–Trinajstić information content (AvgIpc) is 3.15. The van der Waals surface area contributed by atoms with Crippen molar-refractivity contribution in [3.8, 4) is 0 Å². The Labute approximate surface area is 332 Å². The quantitative estimate of drug-likeness (QED) is 0.165. The van der Waals surface area contributed by atoms with Crippen molar-refractivity contribution in [1.29, 1.82) is 0 Å². The molecule has 53 heavy (non-hydrogen) atoms. The van der Waals surface area contributed by atoms with E-state index in [1.165, 1.54) is 5.56 Å². The molecule has 5 aromatic carbocycles. The monoisotopic (exact) mass is 707 g/mol. The number of rotatable bonds is 2. The Bertz CT molecular complexity index is 2570. The minimum Gasteiger partial charge on any atom is -0.311 e. The van der Waals surface area contributed by atoms with Gasteiger partial charge < -0.3 is 9.80 Å². The number of fused-ring (bicyclic) bond motifs is 5. The highest BCUT2D eigenvalue weighted by molar-refractivity contribution is 7.00. The second-order valence-electron chi connectivity index (χ2n) is 19.4. The lowest BCUT2D eigenvalue weighted by atomic mass is 9.33. The van der Waals surface area contributed by atoms with Gasteiger partial charge in [-0.1, -0.05) is 126 Å². The van der Waals surface area contributed by atoms with Crippen molar-refractivity contribution < 1.29 is 11.0 Å². The second-order valence-corrected chi connectivity index (χ2v) is 19.4. The Kier molecular flexibility index (Phi) is 6.27. The van der Waals surface area contributed by atoms with Gasteiger partial charge in [0.2, 0.25) is 0 Å². The summed E-state index contributed by atoms with van der Waals surface area (Å²) in [6, 6.07) is 31.7. The van der Waals surface area contributed by atoms with Gasteiger partial charge in [-0.3, -0.25) is 0 Å². The molecule has 2 heterocycles. The van der Waals surface area contributed by atoms with Crippen LogP contribution in [0.4, 0.5) is 34.1 Å². The van der Waals surface area contributed by atoms with E-state index in [-0.39, 0.29) is 32.8 Å². The van der Waals surface area contributed by atoms with E-state index in [0.717, 1.165) is 56.1 Å². The third-order valence-corrected chi connectivity index (χ3v) is 11.4. The van der Waals surface area contributed by atoms with E-state index >= 15 is 0 Å². The van der Waals surface area contributed by atoms with Gasteiger partial charge in [-0.2, -0.15) is 0 Å². The second kappa shape index (κ2) is 12.1. The van der Waals surface area contributed by atoms with Gasteiger partial charge in [0, 0.05) is 45.1 Å². The van der Waals surface area contributed by atoms with Crippen LogP contribution in [0.3, 0.4) is 0 Å². The van der Waals surface area contributed by atoms with Crippen LogP contribution in [0, 0.1) is 0 Å². The summed E-state index contributed by atoms with van der Waals surface area (Å²) in [6.07, 6.45) is -12.1. The molecule has 8 rings (SSSR count). The van der Waals surface area contributed by atoms with Crippen LogP contribution in [-0.4, -0.2) is 6.71 Å². The van der Waals surface area contributed by atoms with Crippen molar-refractivity contribution in [2.75, 3.05) is 9.80 Å². The van der Waals surface area contributed by atoms with Crippen LogP contribution in [0.5, 0.6) is 0 Å². The van der Waals surface area contributed by atoms with Gasteiger partial charge in [0.15, 0.2) is 0 Å². The summed E-state index contributed by atoms with van der Waals surface area (Å²) in [4.78, 5) is 4.49. The van der Waals surface area contributed by atoms with Gasteiger partial charge in [0.05, 0.1) is 0 Å². The molecule has 0 spiro atoms. The highest BCUT2D eigenvalue weighted by Crippen LogP contribution is 2.47. The minimum atomic E-state index is -3.19. The molecule has 3 aliphatic rings. The predicted octanol–water partition coefficient (Wildman–Crippen LogP) is 11.8. The van der Waals surface area contributed by atoms with Gasteiger partial charge in [-0.15, -0.1) is 0 Å². The molecule has 2 aliphatic heterocycles. The number of nitrogens with zero attached hydrogens (tertiary/aromatic N) is 2. The molecule has 5 aromatic rings. The summed E-state index contributed by atoms with van der Waals surface area (Å²) in [6.45, 7) is 25.9. The van der Waals surface area contributed by atoms with E-state index < -0.39 is 32.2 Å². The lowest BCUT2D eigenvalue weighted by molar-refractivity contribution is 0.569. The molecule has 2 nitrogen and oxygen atoms in total. The fourth-order valence-corrected chi connectivity index (χ4v) is 8.13. The van der Waals surface area contributed by atoms with Gasteiger partial charge >= 0.3 is 0 Å². The Morgan fingerprint density at radius 3 is 1.49 bits per heavy atom. The number of hydrogen-bond donors (Lipinski definition) is 0. The van der Waals surface area contributed by atoms with Crippen molar-refractivity contribution in [2.45, 2.75) is 130 Å². The Hall–Kier alpha value is -4.24. The van der Waals surface area contributed by atoms with Gasteiger partial charge in [0.25, 0.3) is 6.71 Å². The molecular weight excluding hydrogens is 639 g/mol. The number of aryl methyl sites for hydroxylation is 2. The van der Waals surface area contributed by atoms with Crippen molar-refractivity contribution in [3.05, 3.63) is 124 Å². The molecular formula is C50H59BN2. The van der Waals surface area contributed by atoms with E-state index in [2.05, 4.69) is 172 Å². The summed E-state index contributed by atoms with van der Waals surface area (Å²) in [5.74, 6) is 0. The maximum atomic E-state index is 9.32. The zero-order chi connectivity index (χ0) is 45.0. The first-order valence-corrected chi connectivity index (χ1v) is 19.1. The first kappa shape index (κ1) is 27.4. The highest BCUT2D eigenvalue weighted by Gasteiger charge is 2.44. The summed E-state index contributed by atoms with van der Waals surface area (Å²) in [5.41, 5.74) is 11.6. The van der Waals surface area contributed by atoms with E-state index in [0.29, 0.717) is 11.2 Å². The fraction of sp³-hybridized carbons (Fsp3) is 0.400. The number of benzene rings is 5. The molecule has 0 unspecified atom stereocenters. The fourth-order valence-electron chi connectivity index (χ4n) is 8.13. The third kappa shape index (κ3) is 6.13. The molecule has 0 N–H and O–H groups in total. The smallest absolute Gasteiger partial charge is 0.252 e. The predicted molar refractivity (Wildman–Crippen MR) is 232 cm³/mol. The topological polar surface area (TPSA) is 6.48 Å². The summed E-state index contributed by atoms with van der Waals surface area (Å²) in [7, 11) is 0. The van der Waals surface area contributed by atoms with E-state index in [9.17, 15) is 5.48 Å². The standard InChI is InChI=1S/C50H59BN2/c1-47(2,3)34-20-23-38(24-21-34)52-42-25-22-35(48(4,5)6)31-41(42)51-40-26-32-16-13-14-17-33(32)27-45(40)53(44-19-15-18-43(52)46(44)51)39-29-36(49(7,8)9)28-37(30-39)50(10,11)12/h15,18-31H,13-14,16-17H2,1-12H3/i13D2,14D2,16D2,17D2. The lowest BCUT2D eigenvalue weighted by Crippen LogP contribution is -2.61. The van der Waals surface area contributed by atoms with Crippen LogP contribution in [-0.2, 0) is 34.4 Å². The Morgan fingerprint density at radius 2 is 0.943 bits per heavy atom. The first-order chi connectivity index (χ1) is 27.8. The molecule has 1 aliphatic carbocycles. The molecule has 0 atom stereocenters. The number of hydrogen-bond acceptors (Lipinski definition) is 2. The molecule has 0 amide bonds. The van der Waals surface area contributed by atoms with Crippen LogP contribution < -0.4 is 26.2 Å². The molecule has 0 radical (unpaired) electrons. The molecule has 0 bridgehead atoms. The summed E-state index contributed by atoms with van der Waals surface area (Å²) >= 11 is 0. The Morgan fingerprint density at radius 1 is 0.453 bits per heavy atom. The SMILES string of the molecule is [2H]C1([2H])c2cc3c(cc2C([2H])([2H])C([2H])([2H])C1([2H])[2H])N(c1cc(C(C)(C)C)cc(C(C)(C)C)c1)c1cccc2c1B3c1cc(C(C)(C)C)ccc1N2c1ccc(C(C)(C)C)cc1. The largest absolute Gasteiger partial charge is 0.311 e. The zero-order valence-corrected chi connectivity index (χ0v) is 33.6. The molecule has 0 saturated carbocycles. The van der Waals surface area contributed by atoms with E-state index in [1.54, 1.807) is 12.1 Å². The van der Waals surface area contributed by atoms with Crippen molar-refractivity contribution in [1.82, 2.24) is 0 Å². The van der Waals surface area contributed by atoms with Crippen LogP contribution in [0.2, 0.25) is 0 Å². The zero-order valence-electron chi connectivity index (χ0n) is 41.6. The molecule has 3 heteroatoms. The maximum Gasteiger partial charge on any atom is 0.252 e. The number of anilines is 6. The third-order valence-electron chi connectivity index (χ3n) is 11.4. The van der Waals surface area contributed by atoms with Crippen LogP contribution in [0.25, 0.3) is 0 Å². The maximum absolute atomic E-state index is 9.32. The summed E-state index contributed by atoms with van der Waals surface area (Å²) < 4.78 is 72.8. The molecule has 0 saturated heterocycles. The summed E-state index contributed by atoms with van der Waals surface area (Å²) in [5, 5.41) is 0. The first-order valence-electron chi connectivity index (χ1n) is 23.1. The van der Waals surface area contributed by atoms with Crippen LogP contribution in [0.1, 0.15) is 140 Å². The Balaban J connectivity index is 1.54. The molecule has 0 aromatic heterocycles. The normalized spacial score (nSPS) is 21.5. The highest BCUT2D eigenvalue weighted by atomic mass is 15.2. The van der Waals surface area contributed by atoms with Gasteiger partial charge in [-0.25, -0.2) is 0 Å². The van der Waals surface area contributed by atoms with Crippen LogP contribution >= 0.6 is 0 Å². The van der Waals surface area contributed by atoms with E-state index in [4.69, 9.17) is 5.48 Å². The van der Waals surface area contributed by atoms with Crippen molar-refractivity contribution in [3.63, 3.8) is 0 Å². The van der Waals surface area contributed by atoms with Crippen LogP contribution in [0.15, 0.2) is 91.0 Å². The van der Waals surface area contributed by atoms with Crippen molar-refractivity contribution in [2.24, 2.45) is 0 Å². The lowest BCUT2D eigenvalue weighted by Gasteiger charge is -2.45.